The topological polar surface area (TPSA) is 214 Å². The summed E-state index contributed by atoms with van der Waals surface area (Å²) in [5, 5.41) is 43.8. The number of nitro benzene ring substituents is 2. The van der Waals surface area contributed by atoms with Gasteiger partial charge >= 0.3 is 23.5 Å². The predicted octanol–water partition coefficient (Wildman–Crippen LogP) is 2.83. The molecule has 0 saturated carbocycles. The molecule has 0 aliphatic heterocycles. The normalized spacial score (nSPS) is 12.1. The third kappa shape index (κ3) is 7.72. The van der Waals surface area contributed by atoms with Crippen molar-refractivity contribution >= 4 is 46.4 Å². The second-order valence-corrected chi connectivity index (χ2v) is 8.85. The number of hydrogen-bond donors (Lipinski definition) is 5. The third-order valence-electron chi connectivity index (χ3n) is 5.63. The van der Waals surface area contributed by atoms with Gasteiger partial charge in [-0.15, -0.1) is 0 Å². The van der Waals surface area contributed by atoms with E-state index >= 15 is 0 Å². The number of nitrogens with one attached hydrogen (secondary N) is 3. The highest BCUT2D eigenvalue weighted by molar-refractivity contribution is 6.35. The maximum atomic E-state index is 12.5. The summed E-state index contributed by atoms with van der Waals surface area (Å²) in [4.78, 5) is 56.5. The van der Waals surface area contributed by atoms with Crippen LogP contribution < -0.4 is 16.2 Å². The molecule has 40 heavy (non-hydrogen) atoms. The first kappa shape index (κ1) is 29.5. The summed E-state index contributed by atoms with van der Waals surface area (Å²) in [6.07, 6.45) is -2.30. The Balaban J connectivity index is 1.72. The maximum absolute atomic E-state index is 12.5. The number of non-ortho nitro benzene ring substituents is 1. The number of hydrogen-bond acceptors (Lipinski definition) is 9. The minimum Gasteiger partial charge on any atom is -0.479 e. The van der Waals surface area contributed by atoms with Crippen LogP contribution in [-0.4, -0.2) is 50.0 Å². The number of nitrogens with zero attached hydrogens (tertiary/aromatic N) is 2. The summed E-state index contributed by atoms with van der Waals surface area (Å²) >= 11 is 6.43. The quantitative estimate of drug-likeness (QED) is 0.129. The zero-order valence-electron chi connectivity index (χ0n) is 20.4. The zero-order chi connectivity index (χ0) is 29.4. The molecule has 5 N–H and O–H groups in total. The zero-order valence-corrected chi connectivity index (χ0v) is 21.2. The van der Waals surface area contributed by atoms with Crippen molar-refractivity contribution in [1.82, 2.24) is 10.7 Å². The van der Waals surface area contributed by atoms with Gasteiger partial charge in [0.15, 0.2) is 6.10 Å². The van der Waals surface area contributed by atoms with E-state index in [1.54, 1.807) is 18.2 Å². The van der Waals surface area contributed by atoms with E-state index in [0.717, 1.165) is 23.3 Å². The largest absolute Gasteiger partial charge is 0.479 e. The summed E-state index contributed by atoms with van der Waals surface area (Å²) in [6.45, 7) is 0. The highest BCUT2D eigenvalue weighted by Gasteiger charge is 2.26. The first-order valence-electron chi connectivity index (χ1n) is 11.5. The van der Waals surface area contributed by atoms with Crippen LogP contribution in [0.3, 0.4) is 0 Å². The van der Waals surface area contributed by atoms with Gasteiger partial charge in [0.1, 0.15) is 5.69 Å². The number of carboxylic acids is 1. The molecule has 0 heterocycles. The predicted molar refractivity (Wildman–Crippen MR) is 142 cm³/mol. The van der Waals surface area contributed by atoms with Gasteiger partial charge in [-0.25, -0.2) is 4.79 Å². The Labute approximate surface area is 230 Å². The van der Waals surface area contributed by atoms with E-state index < -0.39 is 57.6 Å². The van der Waals surface area contributed by atoms with Crippen LogP contribution in [0.25, 0.3) is 11.1 Å². The fourth-order valence-electron chi connectivity index (χ4n) is 3.71. The molecule has 0 aromatic heterocycles. The number of benzene rings is 3. The Kier molecular flexibility index (Phi) is 9.67. The van der Waals surface area contributed by atoms with E-state index in [-0.39, 0.29) is 12.1 Å². The van der Waals surface area contributed by atoms with Crippen LogP contribution in [0.4, 0.5) is 17.1 Å². The number of aliphatic hydroxyl groups is 1. The number of anilines is 1. The number of aliphatic hydroxyl groups excluding tert-OH is 1. The second-order valence-electron chi connectivity index (χ2n) is 8.44. The van der Waals surface area contributed by atoms with Crippen molar-refractivity contribution in [3.8, 4) is 11.1 Å². The lowest BCUT2D eigenvalue weighted by atomic mass is 9.97. The minimum absolute atomic E-state index is 0.000593. The lowest BCUT2D eigenvalue weighted by Crippen LogP contribution is -2.48. The van der Waals surface area contributed by atoms with E-state index in [9.17, 15) is 39.7 Å². The molecule has 0 fully saturated rings. The van der Waals surface area contributed by atoms with Gasteiger partial charge in [0.2, 0.25) is 0 Å². The molecule has 3 aromatic carbocycles. The van der Waals surface area contributed by atoms with E-state index in [2.05, 4.69) is 10.7 Å². The Morgan fingerprint density at radius 1 is 0.925 bits per heavy atom. The van der Waals surface area contributed by atoms with Crippen LogP contribution >= 0.6 is 11.6 Å². The molecule has 2 atom stereocenters. The van der Waals surface area contributed by atoms with E-state index in [1.165, 1.54) is 0 Å². The van der Waals surface area contributed by atoms with E-state index in [4.69, 9.17) is 16.7 Å². The molecule has 0 saturated heterocycles. The van der Waals surface area contributed by atoms with Gasteiger partial charge in [0, 0.05) is 29.1 Å². The standard InChI is InChI=1S/C25H22ClN5O9/c26-19-11-14(6-8-18(19)15-4-2-1-3-5-15)10-16(12-22(32)25(35)36)27-23(33)24(34)29-28-20-9-7-17(30(37)38)13-21(20)31(39)40/h1-9,11,13,16,22,28,32H,10,12H2,(H,27,33)(H,29,34)(H,35,36)/t16-,22-/m1/s1. The molecule has 15 heteroatoms. The first-order chi connectivity index (χ1) is 19.0. The van der Waals surface area contributed by atoms with Gasteiger partial charge < -0.3 is 15.5 Å². The van der Waals surface area contributed by atoms with E-state index in [0.29, 0.717) is 16.7 Å². The molecule has 0 aliphatic carbocycles. The Hall–Kier alpha value is -5.08. The Morgan fingerprint density at radius 2 is 1.62 bits per heavy atom. The summed E-state index contributed by atoms with van der Waals surface area (Å²) in [7, 11) is 0. The van der Waals surface area contributed by atoms with Crippen LogP contribution in [0.5, 0.6) is 0 Å². The molecule has 0 bridgehead atoms. The van der Waals surface area contributed by atoms with Gasteiger partial charge in [-0.05, 0) is 29.7 Å². The lowest BCUT2D eigenvalue weighted by molar-refractivity contribution is -0.393. The molecule has 3 aromatic rings. The van der Waals surface area contributed by atoms with Crippen LogP contribution in [0.15, 0.2) is 66.7 Å². The number of halogens is 1. The van der Waals surface area contributed by atoms with Crippen LogP contribution in [0, 0.1) is 20.2 Å². The number of rotatable bonds is 11. The highest BCUT2D eigenvalue weighted by atomic mass is 35.5. The number of carbonyl (C=O) groups excluding carboxylic acids is 2. The summed E-state index contributed by atoms with van der Waals surface area (Å²) < 4.78 is 0. The number of aliphatic carboxylic acids is 1. The Bertz CT molecular complexity index is 1450. The number of nitro groups is 2. The van der Waals surface area contributed by atoms with Crippen LogP contribution in [0.1, 0.15) is 12.0 Å². The SMILES string of the molecule is O=C(NNc1ccc([N+](=O)[O-])cc1[N+](=O)[O-])C(=O)N[C@H](Cc1ccc(-c2ccccc2)c(Cl)c1)C[C@@H](O)C(=O)O. The fraction of sp³-hybridized carbons (Fsp3) is 0.160. The van der Waals surface area contributed by atoms with Crippen molar-refractivity contribution in [2.45, 2.75) is 25.0 Å². The molecule has 208 valence electrons. The first-order valence-corrected chi connectivity index (χ1v) is 11.9. The number of carboxylic acid groups (broad SMARTS) is 1. The maximum Gasteiger partial charge on any atom is 0.332 e. The summed E-state index contributed by atoms with van der Waals surface area (Å²) in [5.74, 6) is -4.08. The smallest absolute Gasteiger partial charge is 0.332 e. The highest BCUT2D eigenvalue weighted by Crippen LogP contribution is 2.30. The van der Waals surface area contributed by atoms with Gasteiger partial charge in [-0.1, -0.05) is 54.1 Å². The molecule has 0 unspecified atom stereocenters. The molecule has 3 rings (SSSR count). The monoisotopic (exact) mass is 571 g/mol. The number of hydrazine groups is 1. The van der Waals surface area contributed by atoms with Crippen molar-refractivity contribution < 1.29 is 34.4 Å². The lowest BCUT2D eigenvalue weighted by Gasteiger charge is -2.21. The van der Waals surface area contributed by atoms with Gasteiger partial charge in [0.05, 0.1) is 15.9 Å². The van der Waals surface area contributed by atoms with Crippen LogP contribution in [0.2, 0.25) is 5.02 Å². The molecular formula is C25H22ClN5O9. The molecule has 2 amide bonds. The van der Waals surface area contributed by atoms with Gasteiger partial charge in [-0.2, -0.15) is 0 Å². The second kappa shape index (κ2) is 13.1. The van der Waals surface area contributed by atoms with Gasteiger partial charge in [-0.3, -0.25) is 40.7 Å². The number of amides is 2. The molecule has 0 spiro atoms. The summed E-state index contributed by atoms with van der Waals surface area (Å²) in [5.41, 5.74) is 4.68. The van der Waals surface area contributed by atoms with Crippen LogP contribution in [-0.2, 0) is 20.8 Å². The fourth-order valence-corrected chi connectivity index (χ4v) is 4.02. The van der Waals surface area contributed by atoms with Gasteiger partial charge in [0.25, 0.3) is 5.69 Å². The van der Waals surface area contributed by atoms with E-state index in [1.807, 2.05) is 35.8 Å². The molecular weight excluding hydrogens is 550 g/mol. The molecule has 14 nitrogen and oxygen atoms in total. The molecule has 0 aliphatic rings. The molecule has 0 radical (unpaired) electrons. The minimum atomic E-state index is -1.85. The summed E-state index contributed by atoms with van der Waals surface area (Å²) in [6, 6.07) is 15.9. The third-order valence-corrected chi connectivity index (χ3v) is 5.95. The Morgan fingerprint density at radius 3 is 2.23 bits per heavy atom. The van der Waals surface area contributed by atoms with Crippen molar-refractivity contribution in [3.05, 3.63) is 97.5 Å². The average Bonchev–Trinajstić information content (AvgIpc) is 2.91. The van der Waals surface area contributed by atoms with Crippen molar-refractivity contribution in [1.29, 1.82) is 0 Å². The van der Waals surface area contributed by atoms with Crippen molar-refractivity contribution in [3.63, 3.8) is 0 Å². The number of carbonyl (C=O) groups is 3. The van der Waals surface area contributed by atoms with Crippen molar-refractivity contribution in [2.24, 2.45) is 0 Å². The van der Waals surface area contributed by atoms with Crippen molar-refractivity contribution in [2.75, 3.05) is 5.43 Å². The average molecular weight is 572 g/mol.